The first-order valence-electron chi connectivity index (χ1n) is 6.45. The first kappa shape index (κ1) is 19.0. The molecule has 0 spiro atoms. The standard InChI is InChI=1S/C11H11BrClN5O4S2/c12-7-6-15-11(13)17-10(7)14-4-1-5-16-24(21,22)9-3-2-8(23-9)18(19)20/h2-3,6,16H,1,4-5H2,(H,14,15,17). The summed E-state index contributed by atoms with van der Waals surface area (Å²) in [6, 6.07) is 2.38. The van der Waals surface area contributed by atoms with Gasteiger partial charge in [-0.1, -0.05) is 0 Å². The molecule has 0 radical (unpaired) electrons. The van der Waals surface area contributed by atoms with Gasteiger partial charge in [-0.05, 0) is 51.4 Å². The topological polar surface area (TPSA) is 127 Å². The van der Waals surface area contributed by atoms with Gasteiger partial charge in [0.25, 0.3) is 0 Å². The third kappa shape index (κ3) is 5.08. The van der Waals surface area contributed by atoms with Crippen molar-refractivity contribution in [3.63, 3.8) is 0 Å². The van der Waals surface area contributed by atoms with Gasteiger partial charge in [-0.2, -0.15) is 4.98 Å². The first-order chi connectivity index (χ1) is 11.3. The summed E-state index contributed by atoms with van der Waals surface area (Å²) in [5.41, 5.74) is 0. The maximum atomic E-state index is 12.0. The predicted molar refractivity (Wildman–Crippen MR) is 94.0 cm³/mol. The minimum absolute atomic E-state index is 0.0903. The number of anilines is 1. The molecule has 0 atom stereocenters. The molecule has 0 amide bonds. The highest BCUT2D eigenvalue weighted by atomic mass is 79.9. The summed E-state index contributed by atoms with van der Waals surface area (Å²) in [5, 5.41) is 13.5. The minimum atomic E-state index is -3.75. The fraction of sp³-hybridized carbons (Fsp3) is 0.273. The number of aromatic nitrogens is 2. The van der Waals surface area contributed by atoms with Crippen LogP contribution in [0.2, 0.25) is 5.28 Å². The van der Waals surface area contributed by atoms with E-state index < -0.39 is 14.9 Å². The van der Waals surface area contributed by atoms with Crippen LogP contribution in [0.15, 0.2) is 27.0 Å². The third-order valence-corrected chi connectivity index (χ3v) is 6.42. The lowest BCUT2D eigenvalue weighted by molar-refractivity contribution is -0.380. The average molecular weight is 457 g/mol. The zero-order valence-corrected chi connectivity index (χ0v) is 15.9. The van der Waals surface area contributed by atoms with Crippen LogP contribution >= 0.6 is 38.9 Å². The molecule has 2 aromatic rings. The molecule has 0 unspecified atom stereocenters. The number of nitrogens with zero attached hydrogens (tertiary/aromatic N) is 3. The zero-order chi connectivity index (χ0) is 17.7. The van der Waals surface area contributed by atoms with E-state index in [2.05, 4.69) is 35.9 Å². The molecule has 13 heteroatoms. The minimum Gasteiger partial charge on any atom is -0.369 e. The molecule has 0 aromatic carbocycles. The highest BCUT2D eigenvalue weighted by Gasteiger charge is 2.20. The number of thiophene rings is 1. The summed E-state index contributed by atoms with van der Waals surface area (Å²) in [5.74, 6) is 0.506. The fourth-order valence-electron chi connectivity index (χ4n) is 1.60. The van der Waals surface area contributed by atoms with Crippen LogP contribution in [0, 0.1) is 10.1 Å². The Bertz CT molecular complexity index is 845. The molecule has 2 rings (SSSR count). The Morgan fingerprint density at radius 1 is 1.38 bits per heavy atom. The quantitative estimate of drug-likeness (QED) is 0.270. The SMILES string of the molecule is O=[N+]([O-])c1ccc(S(=O)(=O)NCCCNc2nc(Cl)ncc2Br)s1. The van der Waals surface area contributed by atoms with Crippen LogP contribution in [0.4, 0.5) is 10.8 Å². The Hall–Kier alpha value is -1.34. The molecule has 9 nitrogen and oxygen atoms in total. The Labute approximate surface area is 154 Å². The Balaban J connectivity index is 1.82. The van der Waals surface area contributed by atoms with Crippen molar-refractivity contribution in [2.45, 2.75) is 10.6 Å². The number of nitrogens with one attached hydrogen (secondary N) is 2. The van der Waals surface area contributed by atoms with E-state index in [1.165, 1.54) is 12.3 Å². The van der Waals surface area contributed by atoms with E-state index in [9.17, 15) is 18.5 Å². The van der Waals surface area contributed by atoms with Gasteiger partial charge in [0, 0.05) is 25.4 Å². The monoisotopic (exact) mass is 455 g/mol. The molecular weight excluding hydrogens is 446 g/mol. The second kappa shape index (κ2) is 8.16. The maximum Gasteiger partial charge on any atom is 0.325 e. The molecular formula is C11H11BrClN5O4S2. The van der Waals surface area contributed by atoms with E-state index in [1.807, 2.05) is 0 Å². The van der Waals surface area contributed by atoms with Crippen molar-refractivity contribution in [3.05, 3.63) is 38.2 Å². The van der Waals surface area contributed by atoms with Crippen LogP contribution < -0.4 is 10.0 Å². The largest absolute Gasteiger partial charge is 0.369 e. The average Bonchev–Trinajstić information content (AvgIpc) is 3.01. The van der Waals surface area contributed by atoms with Gasteiger partial charge in [0.15, 0.2) is 0 Å². The molecule has 0 fully saturated rings. The summed E-state index contributed by atoms with van der Waals surface area (Å²) in [6.07, 6.45) is 1.98. The smallest absolute Gasteiger partial charge is 0.325 e. The molecule has 0 saturated heterocycles. The highest BCUT2D eigenvalue weighted by Crippen LogP contribution is 2.27. The molecule has 2 N–H and O–H groups in total. The molecule has 2 heterocycles. The fourth-order valence-corrected chi connectivity index (χ4v) is 4.29. The second-order valence-corrected chi connectivity index (χ2v) is 8.61. The Morgan fingerprint density at radius 3 is 2.79 bits per heavy atom. The molecule has 0 saturated carbocycles. The predicted octanol–water partition coefficient (Wildman–Crippen LogP) is 2.64. The lowest BCUT2D eigenvalue weighted by Gasteiger charge is -2.08. The van der Waals surface area contributed by atoms with Crippen LogP contribution in [0.25, 0.3) is 0 Å². The molecule has 0 aliphatic heterocycles. The van der Waals surface area contributed by atoms with Gasteiger partial charge >= 0.3 is 5.00 Å². The van der Waals surface area contributed by atoms with E-state index in [0.717, 1.165) is 6.07 Å². The zero-order valence-electron chi connectivity index (χ0n) is 11.9. The number of sulfonamides is 1. The van der Waals surface area contributed by atoms with Crippen molar-refractivity contribution >= 4 is 59.7 Å². The highest BCUT2D eigenvalue weighted by molar-refractivity contribution is 9.10. The van der Waals surface area contributed by atoms with E-state index in [-0.39, 0.29) is 21.0 Å². The second-order valence-electron chi connectivity index (χ2n) is 4.36. The molecule has 130 valence electrons. The van der Waals surface area contributed by atoms with Crippen molar-refractivity contribution in [3.8, 4) is 0 Å². The van der Waals surface area contributed by atoms with Crippen molar-refractivity contribution in [1.29, 1.82) is 0 Å². The summed E-state index contributed by atoms with van der Waals surface area (Å²) < 4.78 is 27.0. The third-order valence-electron chi connectivity index (χ3n) is 2.66. The summed E-state index contributed by atoms with van der Waals surface area (Å²) in [7, 11) is -3.75. The van der Waals surface area contributed by atoms with Gasteiger partial charge in [-0.25, -0.2) is 18.1 Å². The van der Waals surface area contributed by atoms with E-state index in [0.29, 0.717) is 34.6 Å². The summed E-state index contributed by atoms with van der Waals surface area (Å²) in [4.78, 5) is 17.7. The van der Waals surface area contributed by atoms with Gasteiger partial charge in [0.2, 0.25) is 15.3 Å². The Kier molecular flexibility index (Phi) is 6.46. The molecule has 24 heavy (non-hydrogen) atoms. The summed E-state index contributed by atoms with van der Waals surface area (Å²) >= 11 is 9.56. The normalized spacial score (nSPS) is 11.4. The molecule has 0 aliphatic carbocycles. The van der Waals surface area contributed by atoms with Crippen LogP contribution in [0.1, 0.15) is 6.42 Å². The van der Waals surface area contributed by atoms with E-state index >= 15 is 0 Å². The number of hydrogen-bond acceptors (Lipinski definition) is 8. The van der Waals surface area contributed by atoms with Crippen molar-refractivity contribution in [2.75, 3.05) is 18.4 Å². The van der Waals surface area contributed by atoms with Crippen molar-refractivity contribution in [1.82, 2.24) is 14.7 Å². The summed E-state index contributed by atoms with van der Waals surface area (Å²) in [6.45, 7) is 0.608. The molecule has 2 aromatic heterocycles. The van der Waals surface area contributed by atoms with Gasteiger partial charge in [-0.15, -0.1) is 0 Å². The number of rotatable bonds is 8. The van der Waals surface area contributed by atoms with Crippen LogP contribution in [0.3, 0.4) is 0 Å². The van der Waals surface area contributed by atoms with Gasteiger partial charge in [0.1, 0.15) is 10.0 Å². The van der Waals surface area contributed by atoms with Gasteiger partial charge in [0.05, 0.1) is 9.40 Å². The van der Waals surface area contributed by atoms with Crippen LogP contribution in [-0.2, 0) is 10.0 Å². The Morgan fingerprint density at radius 2 is 2.12 bits per heavy atom. The number of nitro groups is 1. The van der Waals surface area contributed by atoms with Gasteiger partial charge < -0.3 is 5.32 Å². The maximum absolute atomic E-state index is 12.0. The van der Waals surface area contributed by atoms with Crippen molar-refractivity contribution in [2.24, 2.45) is 0 Å². The van der Waals surface area contributed by atoms with E-state index in [4.69, 9.17) is 11.6 Å². The number of halogens is 2. The lowest BCUT2D eigenvalue weighted by atomic mass is 10.4. The molecule has 0 bridgehead atoms. The van der Waals surface area contributed by atoms with Crippen molar-refractivity contribution < 1.29 is 13.3 Å². The first-order valence-corrected chi connectivity index (χ1v) is 9.92. The molecule has 0 aliphatic rings. The van der Waals surface area contributed by atoms with Crippen LogP contribution in [-0.4, -0.2) is 36.4 Å². The van der Waals surface area contributed by atoms with Gasteiger partial charge in [-0.3, -0.25) is 10.1 Å². The number of hydrogen-bond donors (Lipinski definition) is 2. The van der Waals surface area contributed by atoms with E-state index in [1.54, 1.807) is 0 Å². The lowest BCUT2D eigenvalue weighted by Crippen LogP contribution is -2.25. The van der Waals surface area contributed by atoms with Crippen LogP contribution in [0.5, 0.6) is 0 Å².